The summed E-state index contributed by atoms with van der Waals surface area (Å²) in [5.74, 6) is -1.04. The molecule has 12 nitrogen and oxygen atoms in total. The second-order valence-electron chi connectivity index (χ2n) is 14.0. The molecule has 1 aliphatic heterocycles. The third-order valence-corrected chi connectivity index (χ3v) is 10.9. The predicted octanol–water partition coefficient (Wildman–Crippen LogP) is 6.43. The van der Waals surface area contributed by atoms with Crippen molar-refractivity contribution in [3.05, 3.63) is 60.2 Å². The molecule has 49 heavy (non-hydrogen) atoms. The highest BCUT2D eigenvalue weighted by Gasteiger charge is 2.52. The highest BCUT2D eigenvalue weighted by atomic mass is 32.2. The van der Waals surface area contributed by atoms with Crippen molar-refractivity contribution < 1.29 is 27.5 Å². The standard InChI is InChI=1S/C35H44FN7O5S/c1-9-26(42-18-21(3)43(33(45)46)35(7,19-42)34(4,5)6)31(44)39-25-14-10-12-22-23(17-37-30(22)25)29-20(2)16-38-32(41-29)40-24-13-11-15-27(28(24)36)49(8,47)48/h10-17,21,26,37H,9,18-19H2,1-8H3,(H,39,44)(H,45,46)(H,38,40,41). The number of piperazine rings is 1. The molecule has 3 atom stereocenters. The number of carbonyl (C=O) groups is 2. The summed E-state index contributed by atoms with van der Waals surface area (Å²) >= 11 is 0. The molecule has 2 amide bonds. The van der Waals surface area contributed by atoms with Gasteiger partial charge in [-0.3, -0.25) is 14.6 Å². The number of nitrogens with one attached hydrogen (secondary N) is 3. The van der Waals surface area contributed by atoms with Gasteiger partial charge in [-0.05, 0) is 56.4 Å². The van der Waals surface area contributed by atoms with E-state index in [4.69, 9.17) is 0 Å². The number of aromatic nitrogens is 3. The molecule has 0 bridgehead atoms. The molecule has 0 aliphatic carbocycles. The zero-order valence-corrected chi connectivity index (χ0v) is 29.9. The summed E-state index contributed by atoms with van der Waals surface area (Å²) in [5, 5.41) is 16.8. The van der Waals surface area contributed by atoms with E-state index in [1.54, 1.807) is 12.4 Å². The molecule has 0 radical (unpaired) electrons. The van der Waals surface area contributed by atoms with Crippen molar-refractivity contribution in [1.82, 2.24) is 24.8 Å². The van der Waals surface area contributed by atoms with Crippen LogP contribution in [0.15, 0.2) is 53.7 Å². The number of carboxylic acid groups (broad SMARTS) is 1. The summed E-state index contributed by atoms with van der Waals surface area (Å²) in [6.07, 6.45) is 3.88. The molecular formula is C35H44FN7O5S. The van der Waals surface area contributed by atoms with Crippen LogP contribution in [0.25, 0.3) is 22.2 Å². The monoisotopic (exact) mass is 693 g/mol. The van der Waals surface area contributed by atoms with Crippen molar-refractivity contribution in [3.8, 4) is 11.3 Å². The molecular weight excluding hydrogens is 649 g/mol. The topological polar surface area (TPSA) is 161 Å². The van der Waals surface area contributed by atoms with E-state index in [2.05, 4.69) is 30.5 Å². The Morgan fingerprint density at radius 2 is 1.86 bits per heavy atom. The Morgan fingerprint density at radius 3 is 2.49 bits per heavy atom. The number of para-hydroxylation sites is 1. The van der Waals surface area contributed by atoms with E-state index in [9.17, 15) is 23.1 Å². The molecule has 4 N–H and O–H groups in total. The number of hydrogen-bond acceptors (Lipinski definition) is 8. The van der Waals surface area contributed by atoms with Gasteiger partial charge in [0.1, 0.15) is 4.90 Å². The molecule has 1 saturated heterocycles. The number of amides is 2. The maximum absolute atomic E-state index is 15.1. The van der Waals surface area contributed by atoms with Gasteiger partial charge in [-0.25, -0.2) is 27.6 Å². The van der Waals surface area contributed by atoms with Gasteiger partial charge in [0, 0.05) is 48.7 Å². The van der Waals surface area contributed by atoms with Gasteiger partial charge in [0.05, 0.1) is 34.2 Å². The molecule has 4 aromatic rings. The third-order valence-electron chi connectivity index (χ3n) is 9.74. The minimum atomic E-state index is -3.78. The predicted molar refractivity (Wildman–Crippen MR) is 188 cm³/mol. The molecule has 2 aromatic heterocycles. The number of anilines is 3. The summed E-state index contributed by atoms with van der Waals surface area (Å²) in [6, 6.07) is 8.79. The minimum Gasteiger partial charge on any atom is -0.465 e. The number of aryl methyl sites for hydroxylation is 1. The van der Waals surface area contributed by atoms with Gasteiger partial charge in [-0.2, -0.15) is 0 Å². The Hall–Kier alpha value is -4.56. The average Bonchev–Trinajstić information content (AvgIpc) is 3.43. The number of hydrogen-bond donors (Lipinski definition) is 4. The summed E-state index contributed by atoms with van der Waals surface area (Å²) < 4.78 is 39.1. The molecule has 14 heteroatoms. The highest BCUT2D eigenvalue weighted by Crippen LogP contribution is 2.41. The Balaban J connectivity index is 1.43. The van der Waals surface area contributed by atoms with E-state index in [1.165, 1.54) is 23.1 Å². The third kappa shape index (κ3) is 6.71. The lowest BCUT2D eigenvalue weighted by Gasteiger charge is -2.58. The van der Waals surface area contributed by atoms with Crippen molar-refractivity contribution in [2.75, 3.05) is 30.0 Å². The van der Waals surface area contributed by atoms with Gasteiger partial charge in [0.25, 0.3) is 0 Å². The van der Waals surface area contributed by atoms with Crippen molar-refractivity contribution in [2.45, 2.75) is 77.4 Å². The fourth-order valence-electron chi connectivity index (χ4n) is 6.75. The fourth-order valence-corrected chi connectivity index (χ4v) is 7.51. The van der Waals surface area contributed by atoms with Crippen LogP contribution >= 0.6 is 0 Å². The number of fused-ring (bicyclic) bond motifs is 1. The quantitative estimate of drug-likeness (QED) is 0.163. The van der Waals surface area contributed by atoms with Crippen LogP contribution in [-0.2, 0) is 14.6 Å². The Morgan fingerprint density at radius 1 is 1.18 bits per heavy atom. The summed E-state index contributed by atoms with van der Waals surface area (Å²) in [4.78, 5) is 41.7. The molecule has 1 fully saturated rings. The number of H-pyrrole nitrogens is 1. The van der Waals surface area contributed by atoms with Crippen LogP contribution in [0.5, 0.6) is 0 Å². The van der Waals surface area contributed by atoms with E-state index in [-0.39, 0.29) is 29.0 Å². The van der Waals surface area contributed by atoms with Crippen LogP contribution in [0.1, 0.15) is 53.5 Å². The van der Waals surface area contributed by atoms with Crippen LogP contribution < -0.4 is 10.6 Å². The molecule has 0 saturated carbocycles. The molecule has 0 spiro atoms. The largest absolute Gasteiger partial charge is 0.465 e. The van der Waals surface area contributed by atoms with Crippen LogP contribution in [0.4, 0.5) is 26.5 Å². The summed E-state index contributed by atoms with van der Waals surface area (Å²) in [6.45, 7) is 14.5. The van der Waals surface area contributed by atoms with Crippen molar-refractivity contribution in [1.29, 1.82) is 0 Å². The molecule has 3 unspecified atom stereocenters. The minimum absolute atomic E-state index is 0.0753. The van der Waals surface area contributed by atoms with Gasteiger partial charge in [0.15, 0.2) is 15.7 Å². The number of nitrogens with zero attached hydrogens (tertiary/aromatic N) is 4. The van der Waals surface area contributed by atoms with E-state index < -0.39 is 38.2 Å². The van der Waals surface area contributed by atoms with Crippen LogP contribution in [0, 0.1) is 18.2 Å². The smallest absolute Gasteiger partial charge is 0.408 e. The maximum Gasteiger partial charge on any atom is 0.408 e. The van der Waals surface area contributed by atoms with Crippen molar-refractivity contribution in [2.24, 2.45) is 5.41 Å². The zero-order valence-electron chi connectivity index (χ0n) is 29.1. The number of halogens is 1. The first-order chi connectivity index (χ1) is 22.9. The first kappa shape index (κ1) is 35.7. The van der Waals surface area contributed by atoms with E-state index in [1.807, 2.05) is 66.7 Å². The van der Waals surface area contributed by atoms with Crippen molar-refractivity contribution >= 4 is 50.1 Å². The van der Waals surface area contributed by atoms with Crippen LogP contribution in [0.2, 0.25) is 0 Å². The number of rotatable bonds is 8. The lowest BCUT2D eigenvalue weighted by molar-refractivity contribution is -0.127. The Labute approximate surface area is 286 Å². The molecule has 262 valence electrons. The van der Waals surface area contributed by atoms with Gasteiger partial charge in [-0.15, -0.1) is 0 Å². The van der Waals surface area contributed by atoms with Gasteiger partial charge in [-0.1, -0.05) is 45.9 Å². The molecule has 5 rings (SSSR count). The first-order valence-corrected chi connectivity index (χ1v) is 18.0. The van der Waals surface area contributed by atoms with E-state index in [0.717, 1.165) is 22.8 Å². The number of carbonyl (C=O) groups excluding carboxylic acids is 1. The summed E-state index contributed by atoms with van der Waals surface area (Å²) in [5.41, 5.74) is 2.10. The van der Waals surface area contributed by atoms with Crippen LogP contribution in [-0.4, -0.2) is 87.2 Å². The Kier molecular flexibility index (Phi) is 9.52. The second kappa shape index (κ2) is 13.0. The van der Waals surface area contributed by atoms with Crippen molar-refractivity contribution in [3.63, 3.8) is 0 Å². The molecule has 1 aliphatic rings. The fraction of sp³-hybridized carbons (Fsp3) is 0.429. The lowest BCUT2D eigenvalue weighted by atomic mass is 9.71. The number of benzene rings is 2. The first-order valence-electron chi connectivity index (χ1n) is 16.1. The lowest BCUT2D eigenvalue weighted by Crippen LogP contribution is -2.72. The van der Waals surface area contributed by atoms with E-state index in [0.29, 0.717) is 36.4 Å². The average molecular weight is 694 g/mol. The summed E-state index contributed by atoms with van der Waals surface area (Å²) in [7, 11) is -3.78. The normalized spacial score (nSPS) is 19.5. The maximum atomic E-state index is 15.1. The number of aromatic amines is 1. The number of sulfone groups is 1. The molecule has 3 heterocycles. The highest BCUT2D eigenvalue weighted by molar-refractivity contribution is 7.90. The van der Waals surface area contributed by atoms with Gasteiger partial charge < -0.3 is 20.7 Å². The second-order valence-corrected chi connectivity index (χ2v) is 16.0. The van der Waals surface area contributed by atoms with Gasteiger partial charge >= 0.3 is 6.09 Å². The SMILES string of the molecule is CCC(C(=O)Nc1cccc2c(-c3nc(Nc4cccc(S(C)(=O)=O)c4F)ncc3C)c[nH]c12)N1CC(C)N(C(=O)O)C(C)(C(C)(C)C)C1. The van der Waals surface area contributed by atoms with Gasteiger partial charge in [0.2, 0.25) is 11.9 Å². The molecule has 2 aromatic carbocycles. The van der Waals surface area contributed by atoms with E-state index >= 15 is 4.39 Å². The zero-order chi connectivity index (χ0) is 36.1. The Bertz CT molecular complexity index is 2030. The van der Waals surface area contributed by atoms with Crippen LogP contribution in [0.3, 0.4) is 0 Å².